The van der Waals surface area contributed by atoms with Crippen molar-refractivity contribution >= 4 is 22.2 Å². The molecule has 3 nitrogen and oxygen atoms in total. The van der Waals surface area contributed by atoms with Gasteiger partial charge in [-0.25, -0.2) is 4.98 Å². The number of para-hydroxylation sites is 1. The molecule has 0 unspecified atom stereocenters. The normalized spacial score (nSPS) is 11.0. The molecule has 0 amide bonds. The van der Waals surface area contributed by atoms with E-state index >= 15 is 0 Å². The second-order valence-electron chi connectivity index (χ2n) is 4.44. The number of hydrogen-bond acceptors (Lipinski definition) is 4. The Hall–Kier alpha value is -1.78. The second kappa shape index (κ2) is 5.47. The molecule has 2 heterocycles. The Morgan fingerprint density at radius 2 is 2.00 bits per heavy atom. The average molecular weight is 269 g/mol. The van der Waals surface area contributed by atoms with Gasteiger partial charge in [0.05, 0.1) is 16.2 Å². The number of aryl methyl sites for hydroxylation is 1. The van der Waals surface area contributed by atoms with Crippen LogP contribution in [-0.4, -0.2) is 9.97 Å². The van der Waals surface area contributed by atoms with E-state index in [-0.39, 0.29) is 0 Å². The SMILES string of the molecule is Cc1ncc(CNCc2ccc3ccccc3n2)s1. The number of hydrogen-bond donors (Lipinski definition) is 1. The lowest BCUT2D eigenvalue weighted by Gasteiger charge is -2.04. The average Bonchev–Trinajstić information content (AvgIpc) is 2.84. The second-order valence-corrected chi connectivity index (χ2v) is 5.76. The fourth-order valence-corrected chi connectivity index (χ4v) is 2.77. The quantitative estimate of drug-likeness (QED) is 0.789. The maximum Gasteiger partial charge on any atom is 0.0897 e. The fourth-order valence-electron chi connectivity index (χ4n) is 2.01. The topological polar surface area (TPSA) is 37.8 Å². The van der Waals surface area contributed by atoms with Gasteiger partial charge < -0.3 is 5.32 Å². The molecule has 1 N–H and O–H groups in total. The van der Waals surface area contributed by atoms with Crippen molar-refractivity contribution in [2.45, 2.75) is 20.0 Å². The van der Waals surface area contributed by atoms with Crippen LogP contribution in [0.15, 0.2) is 42.6 Å². The van der Waals surface area contributed by atoms with Crippen LogP contribution >= 0.6 is 11.3 Å². The van der Waals surface area contributed by atoms with Crippen LogP contribution < -0.4 is 5.32 Å². The van der Waals surface area contributed by atoms with Gasteiger partial charge in [-0.05, 0) is 19.1 Å². The van der Waals surface area contributed by atoms with Crippen LogP contribution in [0.2, 0.25) is 0 Å². The third kappa shape index (κ3) is 2.97. The zero-order valence-corrected chi connectivity index (χ0v) is 11.6. The molecule has 0 spiro atoms. The summed E-state index contributed by atoms with van der Waals surface area (Å²) in [6, 6.07) is 12.4. The molecule has 0 saturated carbocycles. The molecule has 0 aliphatic heterocycles. The monoisotopic (exact) mass is 269 g/mol. The van der Waals surface area contributed by atoms with Gasteiger partial charge in [0.25, 0.3) is 0 Å². The van der Waals surface area contributed by atoms with Crippen molar-refractivity contribution in [2.24, 2.45) is 0 Å². The van der Waals surface area contributed by atoms with E-state index < -0.39 is 0 Å². The van der Waals surface area contributed by atoms with Crippen LogP contribution in [0.25, 0.3) is 10.9 Å². The number of nitrogens with one attached hydrogen (secondary N) is 1. The standard InChI is InChI=1S/C15H15N3S/c1-11-17-10-14(19-11)9-16-8-13-7-6-12-4-2-3-5-15(12)18-13/h2-7,10,16H,8-9H2,1H3. The minimum atomic E-state index is 0.780. The highest BCUT2D eigenvalue weighted by molar-refractivity contribution is 7.11. The molecule has 0 atom stereocenters. The third-order valence-electron chi connectivity index (χ3n) is 2.93. The molecule has 1 aromatic carbocycles. The predicted molar refractivity (Wildman–Crippen MR) is 79.1 cm³/mol. The molecular formula is C15H15N3S. The first kappa shape index (κ1) is 12.3. The Kier molecular flexibility index (Phi) is 3.53. The van der Waals surface area contributed by atoms with E-state index in [1.165, 1.54) is 10.3 Å². The molecule has 3 aromatic rings. The largest absolute Gasteiger partial charge is 0.306 e. The van der Waals surface area contributed by atoms with Crippen molar-refractivity contribution in [1.82, 2.24) is 15.3 Å². The Labute approximate surface area is 116 Å². The van der Waals surface area contributed by atoms with Crippen molar-refractivity contribution in [3.05, 3.63) is 58.2 Å². The Balaban J connectivity index is 1.65. The van der Waals surface area contributed by atoms with Crippen molar-refractivity contribution in [2.75, 3.05) is 0 Å². The first-order chi connectivity index (χ1) is 9.31. The van der Waals surface area contributed by atoms with Gasteiger partial charge in [-0.2, -0.15) is 0 Å². The van der Waals surface area contributed by atoms with Gasteiger partial charge in [-0.3, -0.25) is 4.98 Å². The van der Waals surface area contributed by atoms with Gasteiger partial charge in [0.2, 0.25) is 0 Å². The summed E-state index contributed by atoms with van der Waals surface area (Å²) in [7, 11) is 0. The summed E-state index contributed by atoms with van der Waals surface area (Å²) < 4.78 is 0. The molecule has 96 valence electrons. The zero-order valence-electron chi connectivity index (χ0n) is 10.8. The number of pyridine rings is 1. The lowest BCUT2D eigenvalue weighted by molar-refractivity contribution is 0.688. The number of thiazole rings is 1. The number of nitrogens with zero attached hydrogens (tertiary/aromatic N) is 2. The van der Waals surface area contributed by atoms with E-state index in [0.717, 1.165) is 29.3 Å². The van der Waals surface area contributed by atoms with Crippen LogP contribution in [0.5, 0.6) is 0 Å². The summed E-state index contributed by atoms with van der Waals surface area (Å²) in [5.41, 5.74) is 2.12. The first-order valence-electron chi connectivity index (χ1n) is 6.28. The summed E-state index contributed by atoms with van der Waals surface area (Å²) in [6.07, 6.45) is 1.93. The van der Waals surface area contributed by atoms with Crippen molar-refractivity contribution in [3.8, 4) is 0 Å². The first-order valence-corrected chi connectivity index (χ1v) is 7.09. The van der Waals surface area contributed by atoms with Crippen LogP contribution in [0.4, 0.5) is 0 Å². The zero-order chi connectivity index (χ0) is 13.1. The Morgan fingerprint density at radius 1 is 1.11 bits per heavy atom. The van der Waals surface area contributed by atoms with Crippen LogP contribution in [0.1, 0.15) is 15.6 Å². The van der Waals surface area contributed by atoms with E-state index in [0.29, 0.717) is 0 Å². The maximum atomic E-state index is 4.64. The molecule has 0 saturated heterocycles. The molecule has 0 radical (unpaired) electrons. The number of rotatable bonds is 4. The lowest BCUT2D eigenvalue weighted by atomic mass is 10.2. The summed E-state index contributed by atoms with van der Waals surface area (Å²) in [5.74, 6) is 0. The lowest BCUT2D eigenvalue weighted by Crippen LogP contribution is -2.12. The van der Waals surface area contributed by atoms with Gasteiger partial charge in [-0.15, -0.1) is 11.3 Å². The smallest absolute Gasteiger partial charge is 0.0897 e. The van der Waals surface area contributed by atoms with Crippen molar-refractivity contribution in [1.29, 1.82) is 0 Å². The van der Waals surface area contributed by atoms with Crippen LogP contribution in [-0.2, 0) is 13.1 Å². The van der Waals surface area contributed by atoms with Gasteiger partial charge in [0, 0.05) is 29.5 Å². The molecule has 0 aliphatic rings. The highest BCUT2D eigenvalue weighted by Gasteiger charge is 2.00. The maximum absolute atomic E-state index is 4.64. The van der Waals surface area contributed by atoms with E-state index in [1.807, 2.05) is 31.3 Å². The molecule has 0 bridgehead atoms. The van der Waals surface area contributed by atoms with Crippen LogP contribution in [0, 0.1) is 6.92 Å². The number of aromatic nitrogens is 2. The number of fused-ring (bicyclic) bond motifs is 1. The molecule has 2 aromatic heterocycles. The van der Waals surface area contributed by atoms with Crippen molar-refractivity contribution in [3.63, 3.8) is 0 Å². The number of benzene rings is 1. The Morgan fingerprint density at radius 3 is 2.84 bits per heavy atom. The van der Waals surface area contributed by atoms with Gasteiger partial charge in [-0.1, -0.05) is 24.3 Å². The van der Waals surface area contributed by atoms with E-state index in [1.54, 1.807) is 11.3 Å². The highest BCUT2D eigenvalue weighted by Crippen LogP contribution is 2.13. The van der Waals surface area contributed by atoms with E-state index in [2.05, 4.69) is 33.5 Å². The summed E-state index contributed by atoms with van der Waals surface area (Å²) >= 11 is 1.73. The Bertz CT molecular complexity index is 690. The third-order valence-corrected chi connectivity index (χ3v) is 3.84. The van der Waals surface area contributed by atoms with Gasteiger partial charge in [0.15, 0.2) is 0 Å². The van der Waals surface area contributed by atoms with E-state index in [9.17, 15) is 0 Å². The molecular weight excluding hydrogens is 254 g/mol. The van der Waals surface area contributed by atoms with Gasteiger partial charge >= 0.3 is 0 Å². The minimum absolute atomic E-state index is 0.780. The minimum Gasteiger partial charge on any atom is -0.306 e. The van der Waals surface area contributed by atoms with Crippen LogP contribution in [0.3, 0.4) is 0 Å². The molecule has 3 rings (SSSR count). The fraction of sp³-hybridized carbons (Fsp3) is 0.200. The molecule has 19 heavy (non-hydrogen) atoms. The van der Waals surface area contributed by atoms with E-state index in [4.69, 9.17) is 0 Å². The summed E-state index contributed by atoms with van der Waals surface area (Å²) in [4.78, 5) is 10.1. The molecule has 0 fully saturated rings. The summed E-state index contributed by atoms with van der Waals surface area (Å²) in [6.45, 7) is 3.65. The predicted octanol–water partition coefficient (Wildman–Crippen LogP) is 3.29. The van der Waals surface area contributed by atoms with Crippen molar-refractivity contribution < 1.29 is 0 Å². The summed E-state index contributed by atoms with van der Waals surface area (Å²) in [5, 5.41) is 5.70. The molecule has 4 heteroatoms. The molecule has 0 aliphatic carbocycles. The highest BCUT2D eigenvalue weighted by atomic mass is 32.1. The van der Waals surface area contributed by atoms with Gasteiger partial charge in [0.1, 0.15) is 0 Å².